The van der Waals surface area contributed by atoms with Crippen molar-refractivity contribution in [3.63, 3.8) is 0 Å². The van der Waals surface area contributed by atoms with Crippen LogP contribution in [0.1, 0.15) is 40.0 Å². The highest BCUT2D eigenvalue weighted by atomic mass is 16.6. The van der Waals surface area contributed by atoms with Gasteiger partial charge in [0.1, 0.15) is 5.60 Å². The van der Waals surface area contributed by atoms with E-state index in [4.69, 9.17) is 9.84 Å². The number of carbonyl (C=O) groups excluding carboxylic acids is 1. The van der Waals surface area contributed by atoms with Crippen molar-refractivity contribution in [1.82, 2.24) is 5.32 Å². The summed E-state index contributed by atoms with van der Waals surface area (Å²) < 4.78 is 5.22. The molecular weight excluding hydrogens is 222 g/mol. The van der Waals surface area contributed by atoms with Crippen molar-refractivity contribution in [3.8, 4) is 0 Å². The van der Waals surface area contributed by atoms with Crippen LogP contribution in [-0.4, -0.2) is 35.2 Å². The number of hydrogen-bond acceptors (Lipinski definition) is 4. The standard InChI is InChI=1S/C12H21NO4/c1-12(2,3)17-10(14)6-9-5-4-8(7-13-9)11(15)16/h8-9,13H,4-7H2,1-3H3,(H,15,16). The molecule has 1 heterocycles. The zero-order chi connectivity index (χ0) is 13.1. The number of piperidine rings is 1. The molecule has 1 rings (SSSR count). The van der Waals surface area contributed by atoms with Gasteiger partial charge in [0.15, 0.2) is 0 Å². The lowest BCUT2D eigenvalue weighted by Crippen LogP contribution is -2.43. The van der Waals surface area contributed by atoms with E-state index >= 15 is 0 Å². The van der Waals surface area contributed by atoms with Gasteiger partial charge >= 0.3 is 11.9 Å². The molecule has 0 amide bonds. The molecule has 1 saturated heterocycles. The molecule has 2 N–H and O–H groups in total. The second kappa shape index (κ2) is 5.49. The van der Waals surface area contributed by atoms with E-state index in [0.717, 1.165) is 0 Å². The van der Waals surface area contributed by atoms with Crippen molar-refractivity contribution in [3.05, 3.63) is 0 Å². The third kappa shape index (κ3) is 5.17. The molecular formula is C12H21NO4. The van der Waals surface area contributed by atoms with Crippen LogP contribution < -0.4 is 5.32 Å². The van der Waals surface area contributed by atoms with Crippen LogP contribution in [0, 0.1) is 5.92 Å². The number of hydrogen-bond donors (Lipinski definition) is 2. The first kappa shape index (κ1) is 14.0. The Morgan fingerprint density at radius 1 is 1.35 bits per heavy atom. The van der Waals surface area contributed by atoms with E-state index in [2.05, 4.69) is 5.32 Å². The maximum atomic E-state index is 11.6. The van der Waals surface area contributed by atoms with Gasteiger partial charge in [0.05, 0.1) is 12.3 Å². The second-order valence-corrected chi connectivity index (χ2v) is 5.51. The van der Waals surface area contributed by atoms with Crippen LogP contribution in [0.2, 0.25) is 0 Å². The van der Waals surface area contributed by atoms with Crippen LogP contribution in [0.4, 0.5) is 0 Å². The summed E-state index contributed by atoms with van der Waals surface area (Å²) in [6, 6.07) is 0.0421. The molecule has 0 radical (unpaired) electrons. The van der Waals surface area contributed by atoms with E-state index in [1.165, 1.54) is 0 Å². The monoisotopic (exact) mass is 243 g/mol. The minimum atomic E-state index is -0.770. The van der Waals surface area contributed by atoms with E-state index < -0.39 is 11.6 Å². The maximum Gasteiger partial charge on any atom is 0.307 e. The van der Waals surface area contributed by atoms with Gasteiger partial charge in [-0.15, -0.1) is 0 Å². The molecule has 5 heteroatoms. The zero-order valence-electron chi connectivity index (χ0n) is 10.7. The summed E-state index contributed by atoms with van der Waals surface area (Å²) in [6.45, 7) is 5.93. The number of carboxylic acid groups (broad SMARTS) is 1. The molecule has 0 bridgehead atoms. The first-order chi connectivity index (χ1) is 7.78. The van der Waals surface area contributed by atoms with Crippen molar-refractivity contribution < 1.29 is 19.4 Å². The minimum Gasteiger partial charge on any atom is -0.481 e. The molecule has 0 aromatic heterocycles. The number of rotatable bonds is 3. The number of carbonyl (C=O) groups is 2. The van der Waals surface area contributed by atoms with Gasteiger partial charge in [-0.05, 0) is 33.6 Å². The van der Waals surface area contributed by atoms with Crippen LogP contribution in [0.5, 0.6) is 0 Å². The number of esters is 1. The largest absolute Gasteiger partial charge is 0.481 e. The highest BCUT2D eigenvalue weighted by molar-refractivity contribution is 5.71. The molecule has 0 aromatic rings. The summed E-state index contributed by atoms with van der Waals surface area (Å²) in [5.41, 5.74) is -0.463. The van der Waals surface area contributed by atoms with Gasteiger partial charge in [-0.3, -0.25) is 9.59 Å². The molecule has 17 heavy (non-hydrogen) atoms. The lowest BCUT2D eigenvalue weighted by Gasteiger charge is -2.28. The molecule has 2 unspecified atom stereocenters. The fourth-order valence-corrected chi connectivity index (χ4v) is 1.88. The molecule has 1 aliphatic rings. The number of nitrogens with one attached hydrogen (secondary N) is 1. The summed E-state index contributed by atoms with van der Waals surface area (Å²) in [5, 5.41) is 11.9. The summed E-state index contributed by atoms with van der Waals surface area (Å²) in [7, 11) is 0. The number of aliphatic carboxylic acids is 1. The first-order valence-corrected chi connectivity index (χ1v) is 5.96. The first-order valence-electron chi connectivity index (χ1n) is 5.96. The topological polar surface area (TPSA) is 75.6 Å². The third-order valence-corrected chi connectivity index (χ3v) is 2.70. The predicted octanol–water partition coefficient (Wildman–Crippen LogP) is 1.17. The fraction of sp³-hybridized carbons (Fsp3) is 0.833. The van der Waals surface area contributed by atoms with Gasteiger partial charge in [-0.1, -0.05) is 0 Å². The van der Waals surface area contributed by atoms with Gasteiger partial charge in [-0.25, -0.2) is 0 Å². The molecule has 0 aromatic carbocycles. The van der Waals surface area contributed by atoms with E-state index in [-0.39, 0.29) is 17.9 Å². The summed E-state index contributed by atoms with van der Waals surface area (Å²) in [4.78, 5) is 22.3. The lowest BCUT2D eigenvalue weighted by atomic mass is 9.93. The Hall–Kier alpha value is -1.10. The Kier molecular flexibility index (Phi) is 4.51. The SMILES string of the molecule is CC(C)(C)OC(=O)CC1CCC(C(=O)O)CN1. The van der Waals surface area contributed by atoms with Crippen LogP contribution in [0.25, 0.3) is 0 Å². The van der Waals surface area contributed by atoms with Crippen LogP contribution in [0.3, 0.4) is 0 Å². The van der Waals surface area contributed by atoms with Crippen molar-refractivity contribution in [2.24, 2.45) is 5.92 Å². The Morgan fingerprint density at radius 2 is 2.00 bits per heavy atom. The van der Waals surface area contributed by atoms with Crippen molar-refractivity contribution in [2.45, 2.75) is 51.7 Å². The molecule has 0 spiro atoms. The number of ether oxygens (including phenoxy) is 1. The van der Waals surface area contributed by atoms with Gasteiger partial charge in [0.25, 0.3) is 0 Å². The van der Waals surface area contributed by atoms with E-state index in [1.807, 2.05) is 20.8 Å². The summed E-state index contributed by atoms with van der Waals surface area (Å²) in [5.74, 6) is -1.33. The number of carboxylic acids is 1. The normalized spacial score (nSPS) is 25.4. The molecule has 2 atom stereocenters. The van der Waals surface area contributed by atoms with Crippen LogP contribution in [0.15, 0.2) is 0 Å². The molecule has 5 nitrogen and oxygen atoms in total. The average molecular weight is 243 g/mol. The van der Waals surface area contributed by atoms with Crippen molar-refractivity contribution in [2.75, 3.05) is 6.54 Å². The molecule has 1 aliphatic heterocycles. The second-order valence-electron chi connectivity index (χ2n) is 5.51. The Balaban J connectivity index is 2.31. The maximum absolute atomic E-state index is 11.6. The average Bonchev–Trinajstić information content (AvgIpc) is 2.15. The minimum absolute atomic E-state index is 0.0421. The summed E-state index contributed by atoms with van der Waals surface area (Å²) >= 11 is 0. The quantitative estimate of drug-likeness (QED) is 0.728. The van der Waals surface area contributed by atoms with Gasteiger partial charge in [-0.2, -0.15) is 0 Å². The highest BCUT2D eigenvalue weighted by Crippen LogP contribution is 2.18. The van der Waals surface area contributed by atoms with E-state index in [9.17, 15) is 9.59 Å². The Morgan fingerprint density at radius 3 is 2.41 bits per heavy atom. The van der Waals surface area contributed by atoms with Crippen LogP contribution in [-0.2, 0) is 14.3 Å². The highest BCUT2D eigenvalue weighted by Gasteiger charge is 2.27. The van der Waals surface area contributed by atoms with Crippen molar-refractivity contribution >= 4 is 11.9 Å². The van der Waals surface area contributed by atoms with Crippen LogP contribution >= 0.6 is 0 Å². The van der Waals surface area contributed by atoms with Gasteiger partial charge < -0.3 is 15.2 Å². The van der Waals surface area contributed by atoms with Gasteiger partial charge in [0.2, 0.25) is 0 Å². The molecule has 98 valence electrons. The smallest absolute Gasteiger partial charge is 0.307 e. The fourth-order valence-electron chi connectivity index (χ4n) is 1.88. The van der Waals surface area contributed by atoms with E-state index in [1.54, 1.807) is 0 Å². The van der Waals surface area contributed by atoms with E-state index in [0.29, 0.717) is 25.8 Å². The predicted molar refractivity (Wildman–Crippen MR) is 62.6 cm³/mol. The van der Waals surface area contributed by atoms with Gasteiger partial charge in [0, 0.05) is 12.6 Å². The lowest BCUT2D eigenvalue weighted by molar-refractivity contribution is -0.155. The third-order valence-electron chi connectivity index (χ3n) is 2.70. The summed E-state index contributed by atoms with van der Waals surface area (Å²) in [6.07, 6.45) is 1.63. The Labute approximate surface area is 102 Å². The molecule has 0 aliphatic carbocycles. The van der Waals surface area contributed by atoms with Crippen molar-refractivity contribution in [1.29, 1.82) is 0 Å². The molecule has 1 fully saturated rings. The Bertz CT molecular complexity index is 287. The zero-order valence-corrected chi connectivity index (χ0v) is 10.7. The molecule has 0 saturated carbocycles.